The predicted molar refractivity (Wildman–Crippen MR) is 72.8 cm³/mol. The van der Waals surface area contributed by atoms with Crippen molar-refractivity contribution in [1.29, 1.82) is 0 Å². The van der Waals surface area contributed by atoms with Crippen molar-refractivity contribution in [2.45, 2.75) is 13.0 Å². The summed E-state index contributed by atoms with van der Waals surface area (Å²) in [4.78, 5) is 11.7. The van der Waals surface area contributed by atoms with Crippen LogP contribution in [0.15, 0.2) is 41.1 Å². The first-order chi connectivity index (χ1) is 8.68. The molecule has 2 rings (SSSR count). The Balaban J connectivity index is 1.95. The molecule has 0 radical (unpaired) electrons. The molecule has 1 atom stereocenters. The third-order valence-electron chi connectivity index (χ3n) is 2.79. The molecule has 4 heteroatoms. The number of aryl methyl sites for hydroxylation is 1. The normalized spacial score (nSPS) is 12.1. The van der Waals surface area contributed by atoms with Crippen LogP contribution in [0.1, 0.15) is 27.6 Å². The monoisotopic (exact) mass is 261 g/mol. The van der Waals surface area contributed by atoms with Crippen LogP contribution in [0.2, 0.25) is 0 Å². The molecule has 94 valence electrons. The number of nitrogens with one attached hydrogen (secondary N) is 1. The van der Waals surface area contributed by atoms with Crippen LogP contribution < -0.4 is 5.32 Å². The summed E-state index contributed by atoms with van der Waals surface area (Å²) in [6, 6.07) is 9.39. The quantitative estimate of drug-likeness (QED) is 0.888. The van der Waals surface area contributed by atoms with Crippen molar-refractivity contribution in [2.24, 2.45) is 0 Å². The molecule has 1 amide bonds. The highest BCUT2D eigenvalue weighted by Crippen LogP contribution is 2.16. The van der Waals surface area contributed by atoms with Crippen molar-refractivity contribution < 1.29 is 9.90 Å². The summed E-state index contributed by atoms with van der Waals surface area (Å²) in [5, 5.41) is 16.4. The highest BCUT2D eigenvalue weighted by atomic mass is 32.1. The van der Waals surface area contributed by atoms with Crippen LogP contribution in [0.3, 0.4) is 0 Å². The average molecular weight is 261 g/mol. The van der Waals surface area contributed by atoms with Crippen molar-refractivity contribution in [3.05, 3.63) is 57.8 Å². The third-order valence-corrected chi connectivity index (χ3v) is 3.47. The van der Waals surface area contributed by atoms with Crippen molar-refractivity contribution in [2.75, 3.05) is 6.54 Å². The van der Waals surface area contributed by atoms with Crippen molar-refractivity contribution in [3.63, 3.8) is 0 Å². The summed E-state index contributed by atoms with van der Waals surface area (Å²) in [5.41, 5.74) is 2.51. The Labute approximate surface area is 110 Å². The molecule has 0 aliphatic rings. The number of hydrogen-bond acceptors (Lipinski definition) is 3. The van der Waals surface area contributed by atoms with Crippen molar-refractivity contribution >= 4 is 17.2 Å². The fourth-order valence-electron chi connectivity index (χ4n) is 1.76. The largest absolute Gasteiger partial charge is 0.387 e. The Morgan fingerprint density at radius 2 is 2.17 bits per heavy atom. The maximum Gasteiger partial charge on any atom is 0.252 e. The molecule has 0 bridgehead atoms. The van der Waals surface area contributed by atoms with Crippen LogP contribution in [0.25, 0.3) is 0 Å². The van der Waals surface area contributed by atoms with E-state index in [1.807, 2.05) is 36.6 Å². The van der Waals surface area contributed by atoms with Gasteiger partial charge >= 0.3 is 0 Å². The molecular weight excluding hydrogens is 246 g/mol. The van der Waals surface area contributed by atoms with Gasteiger partial charge in [-0.25, -0.2) is 0 Å². The third kappa shape index (κ3) is 2.97. The van der Waals surface area contributed by atoms with E-state index in [4.69, 9.17) is 0 Å². The Hall–Kier alpha value is -1.65. The molecule has 0 aliphatic heterocycles. The Kier molecular flexibility index (Phi) is 4.12. The van der Waals surface area contributed by atoms with E-state index < -0.39 is 6.10 Å². The molecule has 0 fully saturated rings. The summed E-state index contributed by atoms with van der Waals surface area (Å²) >= 11 is 1.48. The van der Waals surface area contributed by atoms with Gasteiger partial charge in [-0.05, 0) is 29.5 Å². The van der Waals surface area contributed by atoms with Gasteiger partial charge in [-0.3, -0.25) is 4.79 Å². The van der Waals surface area contributed by atoms with Crippen LogP contribution in [0.4, 0.5) is 0 Å². The molecule has 0 unspecified atom stereocenters. The molecule has 2 aromatic rings. The number of hydrogen-bond donors (Lipinski definition) is 2. The smallest absolute Gasteiger partial charge is 0.252 e. The lowest BCUT2D eigenvalue weighted by Gasteiger charge is -2.14. The molecule has 0 saturated heterocycles. The summed E-state index contributed by atoms with van der Waals surface area (Å²) in [7, 11) is 0. The Morgan fingerprint density at radius 3 is 2.83 bits per heavy atom. The first-order valence-electron chi connectivity index (χ1n) is 5.72. The van der Waals surface area contributed by atoms with Crippen LogP contribution >= 0.6 is 11.3 Å². The lowest BCUT2D eigenvalue weighted by Crippen LogP contribution is -2.28. The SMILES string of the molecule is Cc1ccccc1[C@H](O)CNC(=O)c1ccsc1. The zero-order valence-electron chi connectivity index (χ0n) is 10.1. The van der Waals surface area contributed by atoms with E-state index in [-0.39, 0.29) is 12.5 Å². The first-order valence-corrected chi connectivity index (χ1v) is 6.67. The maximum atomic E-state index is 11.7. The minimum Gasteiger partial charge on any atom is -0.387 e. The van der Waals surface area contributed by atoms with Gasteiger partial charge in [0.1, 0.15) is 0 Å². The highest BCUT2D eigenvalue weighted by molar-refractivity contribution is 7.08. The standard InChI is InChI=1S/C14H15NO2S/c1-10-4-2-3-5-12(10)13(16)8-15-14(17)11-6-7-18-9-11/h2-7,9,13,16H,8H2,1H3,(H,15,17)/t13-/m1/s1. The highest BCUT2D eigenvalue weighted by Gasteiger charge is 2.12. The molecular formula is C14H15NO2S. The fraction of sp³-hybridized carbons (Fsp3) is 0.214. The number of thiophene rings is 1. The topological polar surface area (TPSA) is 49.3 Å². The van der Waals surface area contributed by atoms with E-state index in [2.05, 4.69) is 5.32 Å². The lowest BCUT2D eigenvalue weighted by molar-refractivity contribution is 0.0916. The second-order valence-electron chi connectivity index (χ2n) is 4.09. The zero-order chi connectivity index (χ0) is 13.0. The van der Waals surface area contributed by atoms with E-state index >= 15 is 0 Å². The first kappa shape index (κ1) is 12.8. The zero-order valence-corrected chi connectivity index (χ0v) is 10.9. The number of benzene rings is 1. The molecule has 0 saturated carbocycles. The number of aliphatic hydroxyl groups is 1. The van der Waals surface area contributed by atoms with E-state index in [0.717, 1.165) is 11.1 Å². The molecule has 0 aliphatic carbocycles. The van der Waals surface area contributed by atoms with Crippen LogP contribution in [-0.4, -0.2) is 17.6 Å². The molecule has 18 heavy (non-hydrogen) atoms. The Morgan fingerprint density at radius 1 is 1.39 bits per heavy atom. The van der Waals surface area contributed by atoms with E-state index in [1.165, 1.54) is 11.3 Å². The average Bonchev–Trinajstić information content (AvgIpc) is 2.90. The van der Waals surface area contributed by atoms with Crippen LogP contribution in [-0.2, 0) is 0 Å². The number of carbonyl (C=O) groups is 1. The van der Waals surface area contributed by atoms with Crippen molar-refractivity contribution in [1.82, 2.24) is 5.32 Å². The van der Waals surface area contributed by atoms with Crippen molar-refractivity contribution in [3.8, 4) is 0 Å². The second kappa shape index (κ2) is 5.80. The molecule has 1 heterocycles. The molecule has 1 aromatic carbocycles. The van der Waals surface area contributed by atoms with Gasteiger partial charge in [0.2, 0.25) is 0 Å². The maximum absolute atomic E-state index is 11.7. The van der Waals surface area contributed by atoms with Gasteiger partial charge in [-0.15, -0.1) is 0 Å². The van der Waals surface area contributed by atoms with Gasteiger partial charge in [0.25, 0.3) is 5.91 Å². The van der Waals surface area contributed by atoms with Gasteiger partial charge in [0.15, 0.2) is 0 Å². The van der Waals surface area contributed by atoms with E-state index in [1.54, 1.807) is 11.4 Å². The van der Waals surface area contributed by atoms with Crippen LogP contribution in [0.5, 0.6) is 0 Å². The second-order valence-corrected chi connectivity index (χ2v) is 4.87. The van der Waals surface area contributed by atoms with E-state index in [9.17, 15) is 9.90 Å². The summed E-state index contributed by atoms with van der Waals surface area (Å²) < 4.78 is 0. The number of rotatable bonds is 4. The molecule has 0 spiro atoms. The molecule has 2 N–H and O–H groups in total. The summed E-state index contributed by atoms with van der Waals surface area (Å²) in [6.45, 7) is 2.17. The molecule has 1 aromatic heterocycles. The van der Waals surface area contributed by atoms with E-state index in [0.29, 0.717) is 5.56 Å². The Bertz CT molecular complexity index is 522. The number of aliphatic hydroxyl groups excluding tert-OH is 1. The van der Waals surface area contributed by atoms with Gasteiger partial charge in [0, 0.05) is 17.5 Å². The minimum absolute atomic E-state index is 0.149. The summed E-state index contributed by atoms with van der Waals surface area (Å²) in [5.74, 6) is -0.149. The van der Waals surface area contributed by atoms with Gasteiger partial charge < -0.3 is 10.4 Å². The van der Waals surface area contributed by atoms with Gasteiger partial charge in [-0.1, -0.05) is 24.3 Å². The summed E-state index contributed by atoms with van der Waals surface area (Å²) in [6.07, 6.45) is -0.672. The predicted octanol–water partition coefficient (Wildman–Crippen LogP) is 2.52. The lowest BCUT2D eigenvalue weighted by atomic mass is 10.0. The number of amides is 1. The van der Waals surface area contributed by atoms with Gasteiger partial charge in [-0.2, -0.15) is 11.3 Å². The fourth-order valence-corrected chi connectivity index (χ4v) is 2.39. The van der Waals surface area contributed by atoms with Crippen LogP contribution in [0, 0.1) is 6.92 Å². The minimum atomic E-state index is -0.672. The number of carbonyl (C=O) groups excluding carboxylic acids is 1. The van der Waals surface area contributed by atoms with Gasteiger partial charge in [0.05, 0.1) is 6.10 Å². The molecule has 3 nitrogen and oxygen atoms in total.